The largest absolute Gasteiger partial charge is 0.384 e. The topological polar surface area (TPSA) is 44.4 Å². The van der Waals surface area contributed by atoms with E-state index in [1.165, 1.54) is 28.9 Å². The Hall–Kier alpha value is -2.40. The maximum atomic E-state index is 13.2. The van der Waals surface area contributed by atoms with E-state index in [0.717, 1.165) is 45.4 Å². The third-order valence-corrected chi connectivity index (χ3v) is 5.38. The zero-order chi connectivity index (χ0) is 17.9. The van der Waals surface area contributed by atoms with E-state index in [1.54, 1.807) is 12.1 Å². The summed E-state index contributed by atoms with van der Waals surface area (Å²) >= 11 is 0. The van der Waals surface area contributed by atoms with Crippen molar-refractivity contribution in [1.82, 2.24) is 4.90 Å². The number of carbonyl (C=O) groups excluding carboxylic acids is 1. The van der Waals surface area contributed by atoms with Crippen LogP contribution in [0.3, 0.4) is 0 Å². The molecule has 5 heteroatoms. The van der Waals surface area contributed by atoms with Crippen LogP contribution < -0.4 is 10.6 Å². The maximum absolute atomic E-state index is 13.2. The summed E-state index contributed by atoms with van der Waals surface area (Å²) in [4.78, 5) is 14.9. The van der Waals surface area contributed by atoms with Gasteiger partial charge in [0.15, 0.2) is 0 Å². The Labute approximate surface area is 153 Å². The molecular formula is C21H24FN3O. The minimum absolute atomic E-state index is 0.00230. The zero-order valence-corrected chi connectivity index (χ0v) is 14.8. The third kappa shape index (κ3) is 3.73. The summed E-state index contributed by atoms with van der Waals surface area (Å²) < 4.78 is 13.2. The minimum Gasteiger partial charge on any atom is -0.384 e. The van der Waals surface area contributed by atoms with E-state index in [4.69, 9.17) is 0 Å². The van der Waals surface area contributed by atoms with Gasteiger partial charge < -0.3 is 10.6 Å². The lowest BCUT2D eigenvalue weighted by Crippen LogP contribution is -2.37. The van der Waals surface area contributed by atoms with Gasteiger partial charge in [0, 0.05) is 30.4 Å². The molecule has 2 aromatic rings. The average Bonchev–Trinajstić information content (AvgIpc) is 3.12. The van der Waals surface area contributed by atoms with Gasteiger partial charge in [-0.1, -0.05) is 24.3 Å². The Morgan fingerprint density at radius 1 is 1.19 bits per heavy atom. The normalized spacial score (nSPS) is 17.6. The molecule has 2 N–H and O–H groups in total. The molecule has 2 aromatic carbocycles. The summed E-state index contributed by atoms with van der Waals surface area (Å²) in [5, 5.41) is 6.34. The van der Waals surface area contributed by atoms with Crippen LogP contribution in [0.1, 0.15) is 24.0 Å². The molecule has 0 saturated carbocycles. The number of fused-ring (bicyclic) bond motifs is 1. The number of para-hydroxylation sites is 1. The molecule has 0 atom stereocenters. The van der Waals surface area contributed by atoms with E-state index in [-0.39, 0.29) is 17.6 Å². The lowest BCUT2D eigenvalue weighted by Gasteiger charge is -2.31. The van der Waals surface area contributed by atoms with Gasteiger partial charge in [0.1, 0.15) is 5.82 Å². The standard InChI is InChI=1S/C21H24FN3O/c22-18-5-2-6-19(13-18)24-21(26)16-8-11-25(12-9-16)14-17-4-1-3-15-7-10-23-20(15)17/h1-6,13,16,23H,7-12,14H2,(H,24,26). The summed E-state index contributed by atoms with van der Waals surface area (Å²) in [6, 6.07) is 12.6. The quantitative estimate of drug-likeness (QED) is 0.882. The molecule has 136 valence electrons. The van der Waals surface area contributed by atoms with E-state index < -0.39 is 0 Å². The van der Waals surface area contributed by atoms with E-state index >= 15 is 0 Å². The van der Waals surface area contributed by atoms with Crippen molar-refractivity contribution in [1.29, 1.82) is 0 Å². The van der Waals surface area contributed by atoms with Crippen molar-refractivity contribution in [3.05, 3.63) is 59.4 Å². The van der Waals surface area contributed by atoms with E-state index in [2.05, 4.69) is 33.7 Å². The van der Waals surface area contributed by atoms with Gasteiger partial charge in [-0.3, -0.25) is 9.69 Å². The van der Waals surface area contributed by atoms with Gasteiger partial charge in [0.05, 0.1) is 0 Å². The Kier molecular flexibility index (Phi) is 4.89. The number of hydrogen-bond acceptors (Lipinski definition) is 3. The molecule has 4 nitrogen and oxygen atoms in total. The highest BCUT2D eigenvalue weighted by molar-refractivity contribution is 5.92. The van der Waals surface area contributed by atoms with E-state index in [0.29, 0.717) is 5.69 Å². The molecule has 1 saturated heterocycles. The van der Waals surface area contributed by atoms with Gasteiger partial charge in [-0.15, -0.1) is 0 Å². The number of likely N-dealkylation sites (tertiary alicyclic amines) is 1. The van der Waals surface area contributed by atoms with Crippen LogP contribution in [0.25, 0.3) is 0 Å². The first-order chi connectivity index (χ1) is 12.7. The first-order valence-corrected chi connectivity index (χ1v) is 9.32. The van der Waals surface area contributed by atoms with Crippen LogP contribution in [0.4, 0.5) is 15.8 Å². The Bertz CT molecular complexity index is 800. The summed E-state index contributed by atoms with van der Waals surface area (Å²) in [5.41, 5.74) is 4.59. The lowest BCUT2D eigenvalue weighted by molar-refractivity contribution is -0.121. The van der Waals surface area contributed by atoms with E-state index in [1.807, 2.05) is 0 Å². The lowest BCUT2D eigenvalue weighted by atomic mass is 9.95. The second-order valence-electron chi connectivity index (χ2n) is 7.18. The van der Waals surface area contributed by atoms with E-state index in [9.17, 15) is 9.18 Å². The first kappa shape index (κ1) is 17.0. The second-order valence-corrected chi connectivity index (χ2v) is 7.18. The highest BCUT2D eigenvalue weighted by Crippen LogP contribution is 2.29. The predicted molar refractivity (Wildman–Crippen MR) is 102 cm³/mol. The molecule has 1 amide bonds. The van der Waals surface area contributed by atoms with Crippen molar-refractivity contribution in [3.63, 3.8) is 0 Å². The minimum atomic E-state index is -0.332. The molecule has 1 fully saturated rings. The highest BCUT2D eigenvalue weighted by atomic mass is 19.1. The number of rotatable bonds is 4. The summed E-state index contributed by atoms with van der Waals surface area (Å²) in [6.07, 6.45) is 2.78. The van der Waals surface area contributed by atoms with Crippen LogP contribution in [0.2, 0.25) is 0 Å². The fourth-order valence-corrected chi connectivity index (χ4v) is 3.95. The Morgan fingerprint density at radius 2 is 2.00 bits per heavy atom. The third-order valence-electron chi connectivity index (χ3n) is 5.38. The highest BCUT2D eigenvalue weighted by Gasteiger charge is 2.26. The Balaban J connectivity index is 1.31. The molecular weight excluding hydrogens is 329 g/mol. The zero-order valence-electron chi connectivity index (χ0n) is 14.8. The first-order valence-electron chi connectivity index (χ1n) is 9.32. The van der Waals surface area contributed by atoms with Crippen LogP contribution >= 0.6 is 0 Å². The van der Waals surface area contributed by atoms with Crippen molar-refractivity contribution >= 4 is 17.3 Å². The van der Waals surface area contributed by atoms with Crippen LogP contribution in [-0.4, -0.2) is 30.4 Å². The number of hydrogen-bond donors (Lipinski definition) is 2. The molecule has 2 aliphatic rings. The van der Waals surface area contributed by atoms with Gasteiger partial charge >= 0.3 is 0 Å². The van der Waals surface area contributed by atoms with Crippen molar-refractivity contribution in [2.45, 2.75) is 25.8 Å². The molecule has 4 rings (SSSR count). The molecule has 26 heavy (non-hydrogen) atoms. The van der Waals surface area contributed by atoms with Crippen LogP contribution in [0.15, 0.2) is 42.5 Å². The number of piperidine rings is 1. The van der Waals surface area contributed by atoms with Crippen LogP contribution in [0.5, 0.6) is 0 Å². The van der Waals surface area contributed by atoms with Gasteiger partial charge in [-0.05, 0) is 61.7 Å². The van der Waals surface area contributed by atoms with Gasteiger partial charge in [-0.25, -0.2) is 4.39 Å². The molecule has 2 heterocycles. The van der Waals surface area contributed by atoms with Crippen LogP contribution in [0, 0.1) is 11.7 Å². The molecule has 0 spiro atoms. The average molecular weight is 353 g/mol. The smallest absolute Gasteiger partial charge is 0.227 e. The van der Waals surface area contributed by atoms with Crippen molar-refractivity contribution < 1.29 is 9.18 Å². The summed E-state index contributed by atoms with van der Waals surface area (Å²) in [6.45, 7) is 3.76. The number of halogens is 1. The number of carbonyl (C=O) groups is 1. The number of nitrogens with zero attached hydrogens (tertiary/aromatic N) is 1. The molecule has 0 bridgehead atoms. The molecule has 0 unspecified atom stereocenters. The van der Waals surface area contributed by atoms with Crippen molar-refractivity contribution in [2.75, 3.05) is 30.3 Å². The molecule has 0 aliphatic carbocycles. The van der Waals surface area contributed by atoms with Crippen molar-refractivity contribution in [3.8, 4) is 0 Å². The van der Waals surface area contributed by atoms with Gasteiger partial charge in [-0.2, -0.15) is 0 Å². The SMILES string of the molecule is O=C(Nc1cccc(F)c1)C1CCN(Cc2cccc3c2NCC3)CC1. The monoisotopic (exact) mass is 353 g/mol. The van der Waals surface area contributed by atoms with Crippen LogP contribution in [-0.2, 0) is 17.8 Å². The van der Waals surface area contributed by atoms with Gasteiger partial charge in [0.25, 0.3) is 0 Å². The maximum Gasteiger partial charge on any atom is 0.227 e. The molecule has 2 aliphatic heterocycles. The number of nitrogens with one attached hydrogen (secondary N) is 2. The number of benzene rings is 2. The number of anilines is 2. The summed E-state index contributed by atoms with van der Waals surface area (Å²) in [5.74, 6) is -0.340. The molecule has 0 radical (unpaired) electrons. The molecule has 0 aromatic heterocycles. The van der Waals surface area contributed by atoms with Gasteiger partial charge in [0.2, 0.25) is 5.91 Å². The fourth-order valence-electron chi connectivity index (χ4n) is 3.95. The Morgan fingerprint density at radius 3 is 2.81 bits per heavy atom. The number of amides is 1. The second kappa shape index (κ2) is 7.46. The van der Waals surface area contributed by atoms with Crippen molar-refractivity contribution in [2.24, 2.45) is 5.92 Å². The predicted octanol–water partition coefficient (Wildman–Crippen LogP) is 3.64. The summed E-state index contributed by atoms with van der Waals surface area (Å²) in [7, 11) is 0. The fraction of sp³-hybridized carbons (Fsp3) is 0.381.